The normalized spacial score (nSPS) is 12.5. The van der Waals surface area contributed by atoms with E-state index in [-0.39, 0.29) is 17.7 Å². The molecule has 0 spiro atoms. The molecule has 2 N–H and O–H groups in total. The zero-order valence-electron chi connectivity index (χ0n) is 11.7. The van der Waals surface area contributed by atoms with E-state index in [9.17, 15) is 9.90 Å². The number of carbonyl (C=O) groups is 1. The van der Waals surface area contributed by atoms with Crippen LogP contribution in [0.15, 0.2) is 18.2 Å². The van der Waals surface area contributed by atoms with E-state index in [2.05, 4.69) is 19.2 Å². The molecule has 1 rings (SSSR count). The number of aromatic hydroxyl groups is 1. The molecular weight excluding hydrogens is 226 g/mol. The van der Waals surface area contributed by atoms with E-state index in [4.69, 9.17) is 0 Å². The van der Waals surface area contributed by atoms with E-state index in [0.717, 1.165) is 18.4 Å². The molecular formula is C15H23NO2. The lowest BCUT2D eigenvalue weighted by Crippen LogP contribution is -2.32. The zero-order valence-corrected chi connectivity index (χ0v) is 11.7. The summed E-state index contributed by atoms with van der Waals surface area (Å²) < 4.78 is 0. The monoisotopic (exact) mass is 249 g/mol. The number of carbonyl (C=O) groups excluding carboxylic acids is 1. The van der Waals surface area contributed by atoms with E-state index >= 15 is 0 Å². The van der Waals surface area contributed by atoms with Crippen molar-refractivity contribution in [3.05, 3.63) is 29.3 Å². The van der Waals surface area contributed by atoms with Gasteiger partial charge in [0.1, 0.15) is 5.75 Å². The topological polar surface area (TPSA) is 49.3 Å². The maximum Gasteiger partial charge on any atom is 0.255 e. The molecule has 1 atom stereocenters. The third-order valence-corrected chi connectivity index (χ3v) is 3.04. The number of hydrogen-bond acceptors (Lipinski definition) is 2. The summed E-state index contributed by atoms with van der Waals surface area (Å²) in [4.78, 5) is 12.0. The van der Waals surface area contributed by atoms with Gasteiger partial charge in [-0.15, -0.1) is 0 Å². The van der Waals surface area contributed by atoms with Gasteiger partial charge in [0.2, 0.25) is 0 Å². The van der Waals surface area contributed by atoms with E-state index in [1.54, 1.807) is 25.1 Å². The Balaban J connectivity index is 2.62. The lowest BCUT2D eigenvalue weighted by Gasteiger charge is -2.16. The smallest absolute Gasteiger partial charge is 0.255 e. The van der Waals surface area contributed by atoms with Gasteiger partial charge in [-0.05, 0) is 44.2 Å². The molecule has 0 aromatic heterocycles. The van der Waals surface area contributed by atoms with E-state index in [0.29, 0.717) is 11.5 Å². The van der Waals surface area contributed by atoms with Crippen molar-refractivity contribution in [2.75, 3.05) is 0 Å². The minimum Gasteiger partial charge on any atom is -0.507 e. The molecule has 3 nitrogen and oxygen atoms in total. The molecule has 0 aliphatic heterocycles. The summed E-state index contributed by atoms with van der Waals surface area (Å²) in [6.45, 7) is 8.11. The summed E-state index contributed by atoms with van der Waals surface area (Å²) in [5.41, 5.74) is 1.07. The highest BCUT2D eigenvalue weighted by Crippen LogP contribution is 2.21. The van der Waals surface area contributed by atoms with Crippen LogP contribution < -0.4 is 5.32 Å². The summed E-state index contributed by atoms with van der Waals surface area (Å²) in [6.07, 6.45) is 2.04. The first-order valence-electron chi connectivity index (χ1n) is 6.51. The van der Waals surface area contributed by atoms with Crippen molar-refractivity contribution in [3.8, 4) is 5.75 Å². The van der Waals surface area contributed by atoms with E-state index < -0.39 is 0 Å². The van der Waals surface area contributed by atoms with Gasteiger partial charge in [-0.2, -0.15) is 0 Å². The quantitative estimate of drug-likeness (QED) is 0.841. The Morgan fingerprint density at radius 3 is 2.56 bits per heavy atom. The maximum atomic E-state index is 12.0. The molecule has 0 fully saturated rings. The average molecular weight is 249 g/mol. The second-order valence-electron chi connectivity index (χ2n) is 5.32. The standard InChI is InChI=1S/C15H23NO2/c1-10(2)8-9-12(4)16-15(18)13-7-5-6-11(3)14(13)17/h5-7,10,12,17H,8-9H2,1-4H3,(H,16,18). The zero-order chi connectivity index (χ0) is 13.7. The van der Waals surface area contributed by atoms with Crippen molar-refractivity contribution in [1.82, 2.24) is 5.32 Å². The van der Waals surface area contributed by atoms with Gasteiger partial charge in [-0.3, -0.25) is 4.79 Å². The van der Waals surface area contributed by atoms with Crippen molar-refractivity contribution in [1.29, 1.82) is 0 Å². The highest BCUT2D eigenvalue weighted by molar-refractivity contribution is 5.97. The maximum absolute atomic E-state index is 12.0. The molecule has 0 radical (unpaired) electrons. The van der Waals surface area contributed by atoms with Crippen LogP contribution in [0, 0.1) is 12.8 Å². The molecule has 1 aromatic carbocycles. The second kappa shape index (κ2) is 6.43. The van der Waals surface area contributed by atoms with Crippen LogP contribution in [-0.4, -0.2) is 17.1 Å². The summed E-state index contributed by atoms with van der Waals surface area (Å²) in [5.74, 6) is 0.509. The molecule has 1 aromatic rings. The Kier molecular flexibility index (Phi) is 5.20. The molecule has 3 heteroatoms. The van der Waals surface area contributed by atoms with Crippen molar-refractivity contribution >= 4 is 5.91 Å². The number of rotatable bonds is 5. The number of phenols is 1. The molecule has 1 unspecified atom stereocenters. The van der Waals surface area contributed by atoms with Gasteiger partial charge in [0.05, 0.1) is 5.56 Å². The number of aryl methyl sites for hydroxylation is 1. The fourth-order valence-electron chi connectivity index (χ4n) is 1.80. The molecule has 0 saturated carbocycles. The van der Waals surface area contributed by atoms with E-state index in [1.807, 2.05) is 6.92 Å². The fraction of sp³-hybridized carbons (Fsp3) is 0.533. The summed E-state index contributed by atoms with van der Waals surface area (Å²) in [6, 6.07) is 5.34. The minimum atomic E-state index is -0.201. The molecule has 0 heterocycles. The minimum absolute atomic E-state index is 0.0751. The summed E-state index contributed by atoms with van der Waals surface area (Å²) >= 11 is 0. The van der Waals surface area contributed by atoms with Gasteiger partial charge in [0.25, 0.3) is 5.91 Å². The van der Waals surface area contributed by atoms with Crippen LogP contribution in [-0.2, 0) is 0 Å². The van der Waals surface area contributed by atoms with Gasteiger partial charge in [-0.1, -0.05) is 26.0 Å². The fourth-order valence-corrected chi connectivity index (χ4v) is 1.80. The van der Waals surface area contributed by atoms with Gasteiger partial charge >= 0.3 is 0 Å². The van der Waals surface area contributed by atoms with Crippen LogP contribution in [0.25, 0.3) is 0 Å². The molecule has 0 bridgehead atoms. The van der Waals surface area contributed by atoms with Gasteiger partial charge < -0.3 is 10.4 Å². The summed E-state index contributed by atoms with van der Waals surface area (Å²) in [7, 11) is 0. The molecule has 0 aliphatic carbocycles. The van der Waals surface area contributed by atoms with Gasteiger partial charge in [0, 0.05) is 6.04 Å². The van der Waals surface area contributed by atoms with Crippen LogP contribution in [0.4, 0.5) is 0 Å². The third kappa shape index (κ3) is 4.06. The van der Waals surface area contributed by atoms with E-state index in [1.165, 1.54) is 0 Å². The Labute approximate surface area is 109 Å². The average Bonchev–Trinajstić information content (AvgIpc) is 2.30. The number of para-hydroxylation sites is 1. The van der Waals surface area contributed by atoms with Gasteiger partial charge in [0.15, 0.2) is 0 Å². The van der Waals surface area contributed by atoms with Crippen LogP contribution in [0.2, 0.25) is 0 Å². The second-order valence-corrected chi connectivity index (χ2v) is 5.32. The van der Waals surface area contributed by atoms with Crippen molar-refractivity contribution in [2.24, 2.45) is 5.92 Å². The Morgan fingerprint density at radius 1 is 1.28 bits per heavy atom. The SMILES string of the molecule is Cc1cccc(C(=O)NC(C)CCC(C)C)c1O. The largest absolute Gasteiger partial charge is 0.507 e. The lowest BCUT2D eigenvalue weighted by molar-refractivity contribution is 0.0934. The molecule has 1 amide bonds. The highest BCUT2D eigenvalue weighted by atomic mass is 16.3. The molecule has 100 valence electrons. The number of amides is 1. The van der Waals surface area contributed by atoms with Crippen molar-refractivity contribution in [3.63, 3.8) is 0 Å². The first-order chi connectivity index (χ1) is 8.41. The van der Waals surface area contributed by atoms with Crippen LogP contribution in [0.1, 0.15) is 49.5 Å². The Bertz CT molecular complexity index is 413. The number of hydrogen-bond donors (Lipinski definition) is 2. The number of nitrogens with one attached hydrogen (secondary N) is 1. The van der Waals surface area contributed by atoms with Crippen LogP contribution >= 0.6 is 0 Å². The Morgan fingerprint density at radius 2 is 1.94 bits per heavy atom. The summed E-state index contributed by atoms with van der Waals surface area (Å²) in [5, 5.41) is 12.8. The predicted octanol–water partition coefficient (Wildman–Crippen LogP) is 3.26. The first kappa shape index (κ1) is 14.6. The Hall–Kier alpha value is -1.51. The number of benzene rings is 1. The molecule has 18 heavy (non-hydrogen) atoms. The first-order valence-corrected chi connectivity index (χ1v) is 6.51. The van der Waals surface area contributed by atoms with Crippen molar-refractivity contribution in [2.45, 2.75) is 46.6 Å². The molecule has 0 saturated heterocycles. The number of phenolic OH excluding ortho intramolecular Hbond substituents is 1. The lowest BCUT2D eigenvalue weighted by atomic mass is 10.0. The highest BCUT2D eigenvalue weighted by Gasteiger charge is 2.14. The molecule has 0 aliphatic rings. The van der Waals surface area contributed by atoms with Crippen LogP contribution in [0.5, 0.6) is 5.75 Å². The van der Waals surface area contributed by atoms with Crippen molar-refractivity contribution < 1.29 is 9.90 Å². The third-order valence-electron chi connectivity index (χ3n) is 3.04. The van der Waals surface area contributed by atoms with Gasteiger partial charge in [-0.25, -0.2) is 0 Å². The van der Waals surface area contributed by atoms with Crippen LogP contribution in [0.3, 0.4) is 0 Å². The predicted molar refractivity (Wildman–Crippen MR) is 73.8 cm³/mol.